The molecule has 0 amide bonds. The lowest BCUT2D eigenvalue weighted by Gasteiger charge is -2.15. The van der Waals surface area contributed by atoms with Crippen LogP contribution in [0.15, 0.2) is 78.9 Å². The van der Waals surface area contributed by atoms with Crippen LogP contribution in [0.3, 0.4) is 0 Å². The Morgan fingerprint density at radius 1 is 0.708 bits per heavy atom. The number of rotatable bonds is 6. The van der Waals surface area contributed by atoms with Crippen molar-refractivity contribution in [2.75, 3.05) is 0 Å². The van der Waals surface area contributed by atoms with E-state index in [-0.39, 0.29) is 0 Å². The van der Waals surface area contributed by atoms with Crippen molar-refractivity contribution in [1.29, 1.82) is 0 Å². The monoisotopic (exact) mass is 316 g/mol. The molecule has 0 bridgehead atoms. The molecule has 1 heteroatoms. The maximum absolute atomic E-state index is 6.09. The van der Waals surface area contributed by atoms with E-state index < -0.39 is 0 Å². The highest BCUT2D eigenvalue weighted by Crippen LogP contribution is 2.31. The van der Waals surface area contributed by atoms with Crippen LogP contribution in [0, 0.1) is 0 Å². The molecule has 0 saturated heterocycles. The summed E-state index contributed by atoms with van der Waals surface area (Å²) in [6.07, 6.45) is 2.12. The molecule has 0 atom stereocenters. The number of para-hydroxylation sites is 1. The molecule has 3 rings (SSSR count). The fraction of sp³-hybridized carbons (Fsp3) is 0.217. The first-order valence-electron chi connectivity index (χ1n) is 8.62. The lowest BCUT2D eigenvalue weighted by atomic mass is 9.96. The Morgan fingerprint density at radius 2 is 1.33 bits per heavy atom. The third-order valence-corrected chi connectivity index (χ3v) is 4.21. The third-order valence-electron chi connectivity index (χ3n) is 4.21. The summed E-state index contributed by atoms with van der Waals surface area (Å²) < 4.78 is 6.09. The maximum atomic E-state index is 6.09. The zero-order chi connectivity index (χ0) is 16.8. The smallest absolute Gasteiger partial charge is 0.130 e. The summed E-state index contributed by atoms with van der Waals surface area (Å²) in [7, 11) is 0. The molecule has 0 saturated carbocycles. The van der Waals surface area contributed by atoms with E-state index in [9.17, 15) is 0 Å². The zero-order valence-corrected chi connectivity index (χ0v) is 14.4. The van der Waals surface area contributed by atoms with Crippen LogP contribution in [0.4, 0.5) is 0 Å². The predicted molar refractivity (Wildman–Crippen MR) is 101 cm³/mol. The van der Waals surface area contributed by atoms with E-state index in [1.165, 1.54) is 16.7 Å². The van der Waals surface area contributed by atoms with Crippen molar-refractivity contribution in [2.45, 2.75) is 32.6 Å². The Bertz CT molecular complexity index is 761. The van der Waals surface area contributed by atoms with Crippen LogP contribution in [0.5, 0.6) is 11.5 Å². The summed E-state index contributed by atoms with van der Waals surface area (Å²) >= 11 is 0. The van der Waals surface area contributed by atoms with Gasteiger partial charge in [0.05, 0.1) is 0 Å². The first kappa shape index (κ1) is 16.3. The van der Waals surface area contributed by atoms with Gasteiger partial charge >= 0.3 is 0 Å². The Balaban J connectivity index is 1.77. The van der Waals surface area contributed by atoms with Gasteiger partial charge in [-0.2, -0.15) is 0 Å². The first-order chi connectivity index (χ1) is 11.7. The summed E-state index contributed by atoms with van der Waals surface area (Å²) in [4.78, 5) is 0. The lowest BCUT2D eigenvalue weighted by Crippen LogP contribution is -1.98. The second-order valence-corrected chi connectivity index (χ2v) is 6.43. The molecular weight excluding hydrogens is 292 g/mol. The van der Waals surface area contributed by atoms with Gasteiger partial charge in [0.1, 0.15) is 11.5 Å². The van der Waals surface area contributed by atoms with Gasteiger partial charge in [-0.05, 0) is 53.6 Å². The van der Waals surface area contributed by atoms with Crippen LogP contribution < -0.4 is 4.74 Å². The van der Waals surface area contributed by atoms with Gasteiger partial charge in [0.2, 0.25) is 0 Å². The Kier molecular flexibility index (Phi) is 5.32. The number of aryl methyl sites for hydroxylation is 2. The van der Waals surface area contributed by atoms with E-state index in [1.54, 1.807) is 0 Å². The van der Waals surface area contributed by atoms with Crippen molar-refractivity contribution in [3.8, 4) is 11.5 Å². The SMILES string of the molecule is CC(C)c1cc(CCc2ccccc2)ccc1Oc1ccccc1. The highest BCUT2D eigenvalue weighted by Gasteiger charge is 2.10. The van der Waals surface area contributed by atoms with E-state index in [4.69, 9.17) is 4.74 Å². The largest absolute Gasteiger partial charge is 0.457 e. The molecule has 0 aromatic heterocycles. The van der Waals surface area contributed by atoms with Gasteiger partial charge in [0, 0.05) is 0 Å². The molecule has 1 nitrogen and oxygen atoms in total. The second-order valence-electron chi connectivity index (χ2n) is 6.43. The molecule has 0 spiro atoms. The number of hydrogen-bond donors (Lipinski definition) is 0. The average Bonchev–Trinajstić information content (AvgIpc) is 2.62. The van der Waals surface area contributed by atoms with Gasteiger partial charge in [-0.15, -0.1) is 0 Å². The molecular formula is C23H24O. The van der Waals surface area contributed by atoms with E-state index >= 15 is 0 Å². The minimum absolute atomic E-state index is 0.431. The minimum Gasteiger partial charge on any atom is -0.457 e. The van der Waals surface area contributed by atoms with E-state index in [2.05, 4.69) is 62.4 Å². The summed E-state index contributed by atoms with van der Waals surface area (Å²) in [5.41, 5.74) is 4.01. The van der Waals surface area contributed by atoms with Crippen molar-refractivity contribution >= 4 is 0 Å². The van der Waals surface area contributed by atoms with Gasteiger partial charge in [-0.3, -0.25) is 0 Å². The van der Waals surface area contributed by atoms with Crippen LogP contribution >= 0.6 is 0 Å². The lowest BCUT2D eigenvalue weighted by molar-refractivity contribution is 0.473. The fourth-order valence-corrected chi connectivity index (χ4v) is 2.85. The van der Waals surface area contributed by atoms with Gasteiger partial charge < -0.3 is 4.74 Å². The van der Waals surface area contributed by atoms with Crippen LogP contribution in [-0.4, -0.2) is 0 Å². The van der Waals surface area contributed by atoms with Crippen molar-refractivity contribution in [2.24, 2.45) is 0 Å². The van der Waals surface area contributed by atoms with Crippen LogP contribution in [-0.2, 0) is 12.8 Å². The van der Waals surface area contributed by atoms with Crippen molar-refractivity contribution in [3.05, 3.63) is 95.6 Å². The van der Waals surface area contributed by atoms with Crippen LogP contribution in [0.25, 0.3) is 0 Å². The fourth-order valence-electron chi connectivity index (χ4n) is 2.85. The number of ether oxygens (including phenoxy) is 1. The summed E-state index contributed by atoms with van der Waals surface area (Å²) in [6.45, 7) is 4.43. The minimum atomic E-state index is 0.431. The summed E-state index contributed by atoms with van der Waals surface area (Å²) in [5.74, 6) is 2.27. The Morgan fingerprint density at radius 3 is 2.00 bits per heavy atom. The Hall–Kier alpha value is -2.54. The predicted octanol–water partition coefficient (Wildman–Crippen LogP) is 6.39. The molecule has 0 aliphatic heterocycles. The molecule has 3 aromatic carbocycles. The van der Waals surface area contributed by atoms with Crippen molar-refractivity contribution in [3.63, 3.8) is 0 Å². The molecule has 0 radical (unpaired) electrons. The summed E-state index contributed by atoms with van der Waals surface area (Å²) in [6, 6.07) is 27.2. The second kappa shape index (κ2) is 7.83. The summed E-state index contributed by atoms with van der Waals surface area (Å²) in [5, 5.41) is 0. The number of benzene rings is 3. The molecule has 0 N–H and O–H groups in total. The molecule has 0 aliphatic carbocycles. The molecule has 0 heterocycles. The standard InChI is InChI=1S/C23H24O/c1-18(2)22-17-20(14-13-19-9-5-3-6-10-19)15-16-23(22)24-21-11-7-4-8-12-21/h3-12,15-18H,13-14H2,1-2H3. The van der Waals surface area contributed by atoms with Gasteiger partial charge in [0.25, 0.3) is 0 Å². The number of hydrogen-bond acceptors (Lipinski definition) is 1. The van der Waals surface area contributed by atoms with Crippen molar-refractivity contribution < 1.29 is 4.74 Å². The van der Waals surface area contributed by atoms with Gasteiger partial charge in [-0.25, -0.2) is 0 Å². The maximum Gasteiger partial charge on any atom is 0.130 e. The van der Waals surface area contributed by atoms with Crippen LogP contribution in [0.2, 0.25) is 0 Å². The molecule has 122 valence electrons. The molecule has 0 fully saturated rings. The highest BCUT2D eigenvalue weighted by molar-refractivity contribution is 5.42. The average molecular weight is 316 g/mol. The van der Waals surface area contributed by atoms with Gasteiger partial charge in [-0.1, -0.05) is 74.5 Å². The van der Waals surface area contributed by atoms with Crippen LogP contribution in [0.1, 0.15) is 36.5 Å². The molecule has 0 unspecified atom stereocenters. The highest BCUT2D eigenvalue weighted by atomic mass is 16.5. The first-order valence-corrected chi connectivity index (χ1v) is 8.62. The van der Waals surface area contributed by atoms with Gasteiger partial charge in [0.15, 0.2) is 0 Å². The molecule has 24 heavy (non-hydrogen) atoms. The molecule has 3 aromatic rings. The quantitative estimate of drug-likeness (QED) is 0.512. The topological polar surface area (TPSA) is 9.23 Å². The Labute approximate surface area is 144 Å². The zero-order valence-electron chi connectivity index (χ0n) is 14.4. The normalized spacial score (nSPS) is 10.8. The molecule has 0 aliphatic rings. The third kappa shape index (κ3) is 4.26. The van der Waals surface area contributed by atoms with E-state index in [0.717, 1.165) is 24.3 Å². The van der Waals surface area contributed by atoms with E-state index in [1.807, 2.05) is 30.3 Å². The van der Waals surface area contributed by atoms with E-state index in [0.29, 0.717) is 5.92 Å². The van der Waals surface area contributed by atoms with Crippen molar-refractivity contribution in [1.82, 2.24) is 0 Å².